The quantitative estimate of drug-likeness (QED) is 0.450. The van der Waals surface area contributed by atoms with Gasteiger partial charge in [0, 0.05) is 37.2 Å². The van der Waals surface area contributed by atoms with Crippen LogP contribution in [-0.4, -0.2) is 40.8 Å². The third-order valence-corrected chi connectivity index (χ3v) is 5.72. The lowest BCUT2D eigenvalue weighted by Crippen LogP contribution is -2.49. The van der Waals surface area contributed by atoms with E-state index >= 15 is 0 Å². The van der Waals surface area contributed by atoms with Gasteiger partial charge in [0.2, 0.25) is 0 Å². The molecule has 3 aromatic rings. The largest absolute Gasteiger partial charge is 0.444 e. The minimum atomic E-state index is -0.512. The van der Waals surface area contributed by atoms with Gasteiger partial charge in [0.25, 0.3) is 0 Å². The highest BCUT2D eigenvalue weighted by molar-refractivity contribution is 9.10. The number of nitrogens with one attached hydrogen (secondary N) is 3. The van der Waals surface area contributed by atoms with Crippen molar-refractivity contribution in [2.45, 2.75) is 45.3 Å². The molecule has 3 heterocycles. The molecule has 1 atom stereocenters. The lowest BCUT2D eigenvalue weighted by molar-refractivity contribution is 0.0500. The van der Waals surface area contributed by atoms with E-state index in [0.29, 0.717) is 6.54 Å². The van der Waals surface area contributed by atoms with Crippen LogP contribution in [0, 0.1) is 0 Å². The summed E-state index contributed by atoms with van der Waals surface area (Å²) in [7, 11) is 0. The smallest absolute Gasteiger partial charge is 0.407 e. The van der Waals surface area contributed by atoms with E-state index in [-0.39, 0.29) is 12.1 Å². The Bertz CT molecular complexity index is 1060. The zero-order chi connectivity index (χ0) is 22.0. The van der Waals surface area contributed by atoms with Crippen LogP contribution in [0.25, 0.3) is 11.0 Å². The van der Waals surface area contributed by atoms with Crippen molar-refractivity contribution in [1.82, 2.24) is 15.3 Å². The number of benzene rings is 1. The first-order valence-corrected chi connectivity index (χ1v) is 11.3. The topological polar surface area (TPSA) is 82.3 Å². The molecule has 4 rings (SSSR count). The third kappa shape index (κ3) is 5.12. The number of hydrogen-bond acceptors (Lipinski definition) is 5. The number of anilines is 3. The summed E-state index contributed by atoms with van der Waals surface area (Å²) in [6.07, 6.45) is 5.30. The summed E-state index contributed by atoms with van der Waals surface area (Å²) in [5.41, 5.74) is 3.35. The molecule has 0 radical (unpaired) electrons. The fourth-order valence-electron chi connectivity index (χ4n) is 3.91. The third-order valence-electron chi connectivity index (χ3n) is 5.14. The first-order chi connectivity index (χ1) is 14.8. The van der Waals surface area contributed by atoms with Crippen molar-refractivity contribution in [1.29, 1.82) is 0 Å². The number of nitrogens with zero attached hydrogens (tertiary/aromatic N) is 2. The lowest BCUT2D eigenvalue weighted by atomic mass is 10.0. The van der Waals surface area contributed by atoms with Gasteiger partial charge in [-0.3, -0.25) is 0 Å². The zero-order valence-electron chi connectivity index (χ0n) is 18.0. The van der Waals surface area contributed by atoms with Crippen molar-refractivity contribution in [2.24, 2.45) is 0 Å². The number of halogens is 1. The Morgan fingerprint density at radius 1 is 1.29 bits per heavy atom. The molecule has 1 amide bonds. The predicted molar refractivity (Wildman–Crippen MR) is 128 cm³/mol. The van der Waals surface area contributed by atoms with E-state index in [9.17, 15) is 4.79 Å². The van der Waals surface area contributed by atoms with Gasteiger partial charge in [0.15, 0.2) is 0 Å². The molecule has 0 aliphatic carbocycles. The SMILES string of the molecule is CC(C)(C)OC(=O)NC1CCCN(c2c(Br)cnc3[nH]cc(Nc4ccccc4)c23)C1. The maximum Gasteiger partial charge on any atom is 0.407 e. The Kier molecular flexibility index (Phi) is 6.09. The first kappa shape index (κ1) is 21.5. The number of pyridine rings is 1. The second-order valence-electron chi connectivity index (χ2n) is 8.80. The predicted octanol–water partition coefficient (Wildman–Crippen LogP) is 5.56. The van der Waals surface area contributed by atoms with Crippen molar-refractivity contribution in [3.63, 3.8) is 0 Å². The molecule has 1 unspecified atom stereocenters. The highest BCUT2D eigenvalue weighted by Gasteiger charge is 2.27. The van der Waals surface area contributed by atoms with Crippen LogP contribution in [0.3, 0.4) is 0 Å². The summed E-state index contributed by atoms with van der Waals surface area (Å²) in [4.78, 5) is 22.4. The number of piperidine rings is 1. The van der Waals surface area contributed by atoms with Crippen molar-refractivity contribution in [3.8, 4) is 0 Å². The van der Waals surface area contributed by atoms with Gasteiger partial charge in [-0.05, 0) is 61.7 Å². The summed E-state index contributed by atoms with van der Waals surface area (Å²) in [6.45, 7) is 7.22. The van der Waals surface area contributed by atoms with E-state index in [4.69, 9.17) is 4.74 Å². The van der Waals surface area contributed by atoms with E-state index in [0.717, 1.165) is 52.0 Å². The number of amides is 1. The van der Waals surface area contributed by atoms with Gasteiger partial charge in [-0.25, -0.2) is 9.78 Å². The van der Waals surface area contributed by atoms with Crippen molar-refractivity contribution >= 4 is 50.1 Å². The van der Waals surface area contributed by atoms with Crippen molar-refractivity contribution in [3.05, 3.63) is 47.2 Å². The molecule has 0 saturated carbocycles. The number of carbonyl (C=O) groups is 1. The molecule has 1 fully saturated rings. The Morgan fingerprint density at radius 2 is 2.06 bits per heavy atom. The molecular weight excluding hydrogens is 458 g/mol. The molecule has 1 saturated heterocycles. The van der Waals surface area contributed by atoms with E-state index in [1.807, 2.05) is 63.5 Å². The number of aromatic amines is 1. The summed E-state index contributed by atoms with van der Waals surface area (Å²) < 4.78 is 6.37. The van der Waals surface area contributed by atoms with Gasteiger partial charge in [0.05, 0.1) is 21.2 Å². The number of alkyl carbamates (subject to hydrolysis) is 1. The van der Waals surface area contributed by atoms with Gasteiger partial charge in [-0.2, -0.15) is 0 Å². The Labute approximate surface area is 190 Å². The second-order valence-corrected chi connectivity index (χ2v) is 9.66. The summed E-state index contributed by atoms with van der Waals surface area (Å²) in [5.74, 6) is 0. The summed E-state index contributed by atoms with van der Waals surface area (Å²) in [5, 5.41) is 7.55. The van der Waals surface area contributed by atoms with E-state index in [1.54, 1.807) is 0 Å². The van der Waals surface area contributed by atoms with Gasteiger partial charge in [0.1, 0.15) is 11.2 Å². The molecule has 0 spiro atoms. The highest BCUT2D eigenvalue weighted by atomic mass is 79.9. The molecule has 2 aromatic heterocycles. The molecule has 1 aliphatic heterocycles. The first-order valence-electron chi connectivity index (χ1n) is 10.5. The van der Waals surface area contributed by atoms with Gasteiger partial charge in [-0.1, -0.05) is 18.2 Å². The number of aromatic nitrogens is 2. The molecule has 164 valence electrons. The molecule has 1 aromatic carbocycles. The molecule has 31 heavy (non-hydrogen) atoms. The average Bonchev–Trinajstić information content (AvgIpc) is 3.10. The van der Waals surface area contributed by atoms with E-state index < -0.39 is 5.60 Å². The number of fused-ring (bicyclic) bond motifs is 1. The maximum absolute atomic E-state index is 12.3. The summed E-state index contributed by atoms with van der Waals surface area (Å²) >= 11 is 3.71. The fraction of sp³-hybridized carbons (Fsp3) is 0.391. The zero-order valence-corrected chi connectivity index (χ0v) is 19.6. The van der Waals surface area contributed by atoms with Crippen molar-refractivity contribution < 1.29 is 9.53 Å². The van der Waals surface area contributed by atoms with E-state index in [2.05, 4.69) is 41.4 Å². The van der Waals surface area contributed by atoms with Gasteiger partial charge < -0.3 is 25.3 Å². The lowest BCUT2D eigenvalue weighted by Gasteiger charge is -2.36. The number of rotatable bonds is 4. The number of ether oxygens (including phenoxy) is 1. The van der Waals surface area contributed by atoms with Crippen LogP contribution < -0.4 is 15.5 Å². The van der Waals surface area contributed by atoms with Gasteiger partial charge >= 0.3 is 6.09 Å². The average molecular weight is 486 g/mol. The van der Waals surface area contributed by atoms with Crippen LogP contribution in [0.1, 0.15) is 33.6 Å². The number of carbonyl (C=O) groups excluding carboxylic acids is 1. The standard InChI is InChI=1S/C23H28BrN5O2/c1-23(2,3)31-22(30)28-16-10-7-11-29(14-16)20-17(24)12-25-21-19(20)18(13-26-21)27-15-8-5-4-6-9-15/h4-6,8-9,12-13,16,27H,7,10-11,14H2,1-3H3,(H,25,26)(H,28,30). The summed E-state index contributed by atoms with van der Waals surface area (Å²) in [6, 6.07) is 10.1. The molecule has 7 nitrogen and oxygen atoms in total. The maximum atomic E-state index is 12.3. The Balaban J connectivity index is 1.60. The molecule has 3 N–H and O–H groups in total. The molecule has 1 aliphatic rings. The Hall–Kier alpha value is -2.74. The number of H-pyrrole nitrogens is 1. The monoisotopic (exact) mass is 485 g/mol. The van der Waals surface area contributed by atoms with Crippen LogP contribution in [0.4, 0.5) is 21.9 Å². The Morgan fingerprint density at radius 3 is 2.81 bits per heavy atom. The van der Waals surface area contributed by atoms with Crippen LogP contribution in [-0.2, 0) is 4.74 Å². The van der Waals surface area contributed by atoms with Crippen LogP contribution in [0.2, 0.25) is 0 Å². The fourth-order valence-corrected chi connectivity index (χ4v) is 4.46. The van der Waals surface area contributed by atoms with Crippen LogP contribution >= 0.6 is 15.9 Å². The second kappa shape index (κ2) is 8.78. The molecule has 0 bridgehead atoms. The molecular formula is C23H28BrN5O2. The van der Waals surface area contributed by atoms with Crippen LogP contribution in [0.5, 0.6) is 0 Å². The van der Waals surface area contributed by atoms with Crippen molar-refractivity contribution in [2.75, 3.05) is 23.3 Å². The van der Waals surface area contributed by atoms with Crippen LogP contribution in [0.15, 0.2) is 47.2 Å². The molecule has 8 heteroatoms. The normalized spacial score (nSPS) is 16.9. The van der Waals surface area contributed by atoms with Gasteiger partial charge in [-0.15, -0.1) is 0 Å². The number of hydrogen-bond donors (Lipinski definition) is 3. The number of para-hydroxylation sites is 1. The minimum Gasteiger partial charge on any atom is -0.444 e. The minimum absolute atomic E-state index is 0.0168. The highest BCUT2D eigenvalue weighted by Crippen LogP contribution is 2.39. The van der Waals surface area contributed by atoms with E-state index in [1.165, 1.54) is 0 Å².